The van der Waals surface area contributed by atoms with Crippen molar-refractivity contribution in [3.63, 3.8) is 0 Å². The first-order valence-electron chi connectivity index (χ1n) is 9.31. The molecule has 2 N–H and O–H groups in total. The van der Waals surface area contributed by atoms with Crippen molar-refractivity contribution in [3.8, 4) is 5.88 Å². The summed E-state index contributed by atoms with van der Waals surface area (Å²) in [6, 6.07) is -0.663. The zero-order valence-electron chi connectivity index (χ0n) is 16.2. The molecule has 0 saturated carbocycles. The first kappa shape index (κ1) is 20.7. The molecule has 4 rings (SSSR count). The van der Waals surface area contributed by atoms with E-state index in [1.807, 2.05) is 13.8 Å². The lowest BCUT2D eigenvalue weighted by Gasteiger charge is -2.06. The number of hydrogen-bond acceptors (Lipinski definition) is 9. The number of nitrogens with zero attached hydrogens (tertiary/aromatic N) is 3. The minimum atomic E-state index is -0.663. The molecule has 1 atom stereocenters. The van der Waals surface area contributed by atoms with Crippen molar-refractivity contribution in [1.82, 2.24) is 25.3 Å². The van der Waals surface area contributed by atoms with Crippen LogP contribution in [0, 0.1) is 0 Å². The van der Waals surface area contributed by atoms with Gasteiger partial charge in [-0.1, -0.05) is 6.92 Å². The third kappa shape index (κ3) is 4.01. The van der Waals surface area contributed by atoms with Crippen LogP contribution in [0.1, 0.15) is 36.5 Å². The van der Waals surface area contributed by atoms with E-state index in [-0.39, 0.29) is 10.9 Å². The van der Waals surface area contributed by atoms with Crippen LogP contribution in [0.4, 0.5) is 0 Å². The number of carbonyl (C=O) groups excluding carboxylic acids is 2. The summed E-state index contributed by atoms with van der Waals surface area (Å²) in [7, 11) is 0. The molecule has 1 amide bonds. The van der Waals surface area contributed by atoms with Gasteiger partial charge in [0, 0.05) is 23.9 Å². The van der Waals surface area contributed by atoms with Crippen molar-refractivity contribution in [2.45, 2.75) is 43.1 Å². The summed E-state index contributed by atoms with van der Waals surface area (Å²) in [5.41, 5.74) is 1.67. The largest absolute Gasteiger partial charge is 0.477 e. The topological polar surface area (TPSA) is 132 Å². The molecule has 30 heavy (non-hydrogen) atoms. The first-order valence-corrected chi connectivity index (χ1v) is 10.9. The predicted octanol–water partition coefficient (Wildman–Crippen LogP) is 2.87. The highest BCUT2D eigenvalue weighted by Crippen LogP contribution is 2.36. The zero-order chi connectivity index (χ0) is 21.3. The lowest BCUT2D eigenvalue weighted by atomic mass is 10.2. The van der Waals surface area contributed by atoms with Gasteiger partial charge in [-0.05, 0) is 29.3 Å². The number of ether oxygens (including phenoxy) is 2. The van der Waals surface area contributed by atoms with Gasteiger partial charge in [-0.2, -0.15) is 9.97 Å². The standard InChI is InChI=1S/C18H18BrN5O5S/c1-3-8-12(19)11-13(20-8)23-17(24-15(11)27-4-2)30-18-22-10(7-29-18)14(25)21-9-5-6-28-16(9)26/h7,9H,3-6H2,1-2H3,(H,21,25)(H,20,23,24). The fourth-order valence-corrected chi connectivity index (χ4v) is 4.33. The van der Waals surface area contributed by atoms with Crippen LogP contribution in [0.15, 0.2) is 25.5 Å². The number of aromatic nitrogens is 4. The molecule has 12 heteroatoms. The maximum absolute atomic E-state index is 12.3. The van der Waals surface area contributed by atoms with Crippen molar-refractivity contribution >= 4 is 50.6 Å². The van der Waals surface area contributed by atoms with Gasteiger partial charge in [-0.3, -0.25) is 4.79 Å². The maximum Gasteiger partial charge on any atom is 0.328 e. The molecule has 0 aliphatic carbocycles. The van der Waals surface area contributed by atoms with E-state index >= 15 is 0 Å². The molecule has 10 nitrogen and oxygen atoms in total. The molecule has 1 aliphatic rings. The molecule has 0 spiro atoms. The molecule has 3 aromatic heterocycles. The molecule has 1 aliphatic heterocycles. The van der Waals surface area contributed by atoms with Crippen molar-refractivity contribution in [2.24, 2.45) is 0 Å². The molecule has 4 heterocycles. The Kier molecular flexibility index (Phi) is 5.95. The molecule has 0 aromatic carbocycles. The number of halogens is 1. The van der Waals surface area contributed by atoms with Crippen molar-refractivity contribution < 1.29 is 23.5 Å². The van der Waals surface area contributed by atoms with E-state index in [0.29, 0.717) is 36.3 Å². The van der Waals surface area contributed by atoms with Gasteiger partial charge in [0.25, 0.3) is 11.1 Å². The number of carbonyl (C=O) groups is 2. The number of hydrogen-bond donors (Lipinski definition) is 2. The van der Waals surface area contributed by atoms with Crippen LogP contribution in [0.3, 0.4) is 0 Å². The summed E-state index contributed by atoms with van der Waals surface area (Å²) >= 11 is 4.64. The summed E-state index contributed by atoms with van der Waals surface area (Å²) < 4.78 is 16.8. The fourth-order valence-electron chi connectivity index (χ4n) is 2.93. The highest BCUT2D eigenvalue weighted by atomic mass is 79.9. The van der Waals surface area contributed by atoms with Gasteiger partial charge >= 0.3 is 5.97 Å². The number of oxazole rings is 1. The predicted molar refractivity (Wildman–Crippen MR) is 110 cm³/mol. The van der Waals surface area contributed by atoms with Crippen molar-refractivity contribution in [1.29, 1.82) is 0 Å². The molecule has 1 unspecified atom stereocenters. The Hall–Kier alpha value is -2.60. The lowest BCUT2D eigenvalue weighted by Crippen LogP contribution is -2.38. The van der Waals surface area contributed by atoms with Gasteiger partial charge in [-0.15, -0.1) is 0 Å². The minimum absolute atomic E-state index is 0.0548. The van der Waals surface area contributed by atoms with Crippen LogP contribution in [-0.2, 0) is 16.0 Å². The Labute approximate surface area is 183 Å². The average molecular weight is 496 g/mol. The van der Waals surface area contributed by atoms with Gasteiger partial charge in [0.05, 0.1) is 23.1 Å². The van der Waals surface area contributed by atoms with E-state index in [4.69, 9.17) is 13.9 Å². The molecule has 1 saturated heterocycles. The second-order valence-corrected chi connectivity index (χ2v) is 8.03. The molecule has 158 valence electrons. The number of aryl methyl sites for hydroxylation is 1. The van der Waals surface area contributed by atoms with Crippen LogP contribution >= 0.6 is 27.7 Å². The number of cyclic esters (lactones) is 1. The average Bonchev–Trinajstić information content (AvgIpc) is 3.42. The Balaban J connectivity index is 1.55. The number of rotatable bonds is 7. The molecule has 0 bridgehead atoms. The number of esters is 1. The maximum atomic E-state index is 12.3. The summed E-state index contributed by atoms with van der Waals surface area (Å²) in [6.45, 7) is 4.65. The molecular formula is C18H18BrN5O5S. The van der Waals surface area contributed by atoms with Crippen LogP contribution < -0.4 is 10.1 Å². The van der Waals surface area contributed by atoms with Crippen LogP contribution in [0.2, 0.25) is 0 Å². The van der Waals surface area contributed by atoms with E-state index in [0.717, 1.165) is 33.7 Å². The van der Waals surface area contributed by atoms with E-state index < -0.39 is 17.9 Å². The molecule has 0 radical (unpaired) electrons. The van der Waals surface area contributed by atoms with E-state index in [2.05, 4.69) is 41.2 Å². The molecule has 1 fully saturated rings. The van der Waals surface area contributed by atoms with Crippen LogP contribution in [0.5, 0.6) is 5.88 Å². The summed E-state index contributed by atoms with van der Waals surface area (Å²) in [6.07, 6.45) is 2.45. The number of amides is 1. The van der Waals surface area contributed by atoms with Crippen molar-refractivity contribution in [2.75, 3.05) is 13.2 Å². The quantitative estimate of drug-likeness (QED) is 0.374. The van der Waals surface area contributed by atoms with E-state index in [1.165, 1.54) is 6.26 Å². The minimum Gasteiger partial charge on any atom is -0.477 e. The zero-order valence-corrected chi connectivity index (χ0v) is 18.6. The van der Waals surface area contributed by atoms with Gasteiger partial charge < -0.3 is 24.2 Å². The Bertz CT molecular complexity index is 1110. The first-order chi connectivity index (χ1) is 14.5. The van der Waals surface area contributed by atoms with Gasteiger partial charge in [0.2, 0.25) is 11.0 Å². The van der Waals surface area contributed by atoms with E-state index in [9.17, 15) is 9.59 Å². The smallest absolute Gasteiger partial charge is 0.328 e. The van der Waals surface area contributed by atoms with E-state index in [1.54, 1.807) is 0 Å². The lowest BCUT2D eigenvalue weighted by molar-refractivity contribution is -0.139. The van der Waals surface area contributed by atoms with Crippen molar-refractivity contribution in [3.05, 3.63) is 22.1 Å². The third-order valence-electron chi connectivity index (χ3n) is 4.38. The number of aromatic amines is 1. The number of H-pyrrole nitrogens is 1. The highest BCUT2D eigenvalue weighted by molar-refractivity contribution is 9.10. The second kappa shape index (κ2) is 8.64. The number of nitrogens with one attached hydrogen (secondary N) is 2. The normalized spacial score (nSPS) is 16.1. The third-order valence-corrected chi connectivity index (χ3v) is 5.98. The Morgan fingerprint density at radius 2 is 2.23 bits per heavy atom. The number of fused-ring (bicyclic) bond motifs is 1. The van der Waals surface area contributed by atoms with Gasteiger partial charge in [0.15, 0.2) is 5.69 Å². The summed E-state index contributed by atoms with van der Waals surface area (Å²) in [4.78, 5) is 40.2. The van der Waals surface area contributed by atoms with Crippen LogP contribution in [-0.4, -0.2) is 51.1 Å². The van der Waals surface area contributed by atoms with Gasteiger partial charge in [0.1, 0.15) is 18.0 Å². The Morgan fingerprint density at radius 1 is 1.40 bits per heavy atom. The summed E-state index contributed by atoms with van der Waals surface area (Å²) in [5, 5.41) is 3.90. The summed E-state index contributed by atoms with van der Waals surface area (Å²) in [5.74, 6) is -0.519. The fraction of sp³-hybridized carbons (Fsp3) is 0.389. The highest BCUT2D eigenvalue weighted by Gasteiger charge is 2.29. The second-order valence-electron chi connectivity index (χ2n) is 6.32. The van der Waals surface area contributed by atoms with Gasteiger partial charge in [-0.25, -0.2) is 9.78 Å². The van der Waals surface area contributed by atoms with Crippen LogP contribution in [0.25, 0.3) is 11.0 Å². The Morgan fingerprint density at radius 3 is 2.93 bits per heavy atom. The monoisotopic (exact) mass is 495 g/mol. The molecular weight excluding hydrogens is 478 g/mol. The molecule has 3 aromatic rings. The SMILES string of the molecule is CCOc1nc(Sc2nc(C(=O)NC3CCOC3=O)co2)nc2[nH]c(CC)c(Br)c12.